The van der Waals surface area contributed by atoms with Crippen LogP contribution in [0, 0.1) is 0 Å². The molecule has 1 aromatic carbocycles. The highest BCUT2D eigenvalue weighted by Crippen LogP contribution is 2.34. The molecule has 0 amide bonds. The molecule has 0 fully saturated rings. The molecule has 0 spiro atoms. The number of hydrogen-bond donors (Lipinski definition) is 0. The molecule has 0 saturated carbocycles. The highest BCUT2D eigenvalue weighted by Gasteiger charge is 2.12. The van der Waals surface area contributed by atoms with Gasteiger partial charge in [0.25, 0.3) is 0 Å². The van der Waals surface area contributed by atoms with E-state index in [-0.39, 0.29) is 5.75 Å². The predicted molar refractivity (Wildman–Crippen MR) is 93.5 cm³/mol. The van der Waals surface area contributed by atoms with Crippen LogP contribution in [0.25, 0.3) is 10.6 Å². The maximum atomic E-state index is 11.8. The van der Waals surface area contributed by atoms with Gasteiger partial charge in [0.15, 0.2) is 0 Å². The molecule has 0 N–H and O–H groups in total. The van der Waals surface area contributed by atoms with Gasteiger partial charge in [0.1, 0.15) is 10.8 Å². The predicted octanol–water partition coefficient (Wildman–Crippen LogP) is 4.58. The molecule has 2 rings (SSSR count). The quantitative estimate of drug-likeness (QED) is 0.704. The summed E-state index contributed by atoms with van der Waals surface area (Å²) in [6.07, 6.45) is 0. The number of benzene rings is 1. The van der Waals surface area contributed by atoms with Gasteiger partial charge in [-0.05, 0) is 18.2 Å². The summed E-state index contributed by atoms with van der Waals surface area (Å²) in [7, 11) is 0.544. The Morgan fingerprint density at radius 2 is 2.33 bits per heavy atom. The Morgan fingerprint density at radius 1 is 1.57 bits per heavy atom. The van der Waals surface area contributed by atoms with Crippen LogP contribution < -0.4 is 4.74 Å². The van der Waals surface area contributed by atoms with Gasteiger partial charge >= 0.3 is 0 Å². The first-order valence-corrected chi connectivity index (χ1v) is 9.50. The molecule has 3 nitrogen and oxygen atoms in total. The van der Waals surface area contributed by atoms with E-state index in [1.54, 1.807) is 7.11 Å². The van der Waals surface area contributed by atoms with Crippen molar-refractivity contribution in [3.8, 4) is 16.3 Å². The second kappa shape index (κ2) is 7.54. The summed E-state index contributed by atoms with van der Waals surface area (Å²) < 4.78 is 18.2. The zero-order chi connectivity index (χ0) is 15.4. The summed E-state index contributed by atoms with van der Waals surface area (Å²) in [5, 5.41) is 3.15. The molecule has 1 atom stereocenters. The van der Waals surface area contributed by atoms with Crippen molar-refractivity contribution < 1.29 is 8.95 Å². The van der Waals surface area contributed by atoms with Crippen LogP contribution in [0.1, 0.15) is 5.69 Å². The minimum absolute atomic E-state index is 0.286. The van der Waals surface area contributed by atoms with Crippen LogP contribution in [0.2, 0.25) is 0 Å². The fraction of sp³-hybridized carbons (Fsp3) is 0.214. The number of rotatable bonds is 6. The third-order valence-electron chi connectivity index (χ3n) is 2.57. The summed E-state index contributed by atoms with van der Waals surface area (Å²) in [6, 6.07) is 5.76. The number of hydrogen-bond acceptors (Lipinski definition) is 4. The van der Waals surface area contributed by atoms with Crippen LogP contribution >= 0.6 is 38.9 Å². The molecule has 1 aromatic heterocycles. The second-order valence-electron chi connectivity index (χ2n) is 4.23. The van der Waals surface area contributed by atoms with E-state index in [0.717, 1.165) is 26.5 Å². The number of methoxy groups -OCH3 is 1. The fourth-order valence-corrected chi connectivity index (χ4v) is 4.34. The lowest BCUT2D eigenvalue weighted by Crippen LogP contribution is -2.01. The maximum absolute atomic E-state index is 11.8. The van der Waals surface area contributed by atoms with Crippen LogP contribution in [0.5, 0.6) is 5.75 Å². The summed E-state index contributed by atoms with van der Waals surface area (Å²) in [6.45, 7) is 3.55. The van der Waals surface area contributed by atoms with Gasteiger partial charge in [0.05, 0.1) is 29.9 Å². The average molecular weight is 407 g/mol. The summed E-state index contributed by atoms with van der Waals surface area (Å²) in [4.78, 5) is 4.53. The monoisotopic (exact) mass is 405 g/mol. The van der Waals surface area contributed by atoms with Gasteiger partial charge in [-0.25, -0.2) is 4.98 Å². The third-order valence-corrected chi connectivity index (χ3v) is 5.57. The van der Waals surface area contributed by atoms with Crippen molar-refractivity contribution >= 4 is 49.7 Å². The number of halogens is 2. The summed E-state index contributed by atoms with van der Waals surface area (Å²) in [5.74, 6) is 1.42. The van der Waals surface area contributed by atoms with Gasteiger partial charge in [-0.15, -0.1) is 11.3 Å². The van der Waals surface area contributed by atoms with Crippen LogP contribution in [-0.2, 0) is 16.6 Å². The molecule has 0 aliphatic carbocycles. The first-order chi connectivity index (χ1) is 9.99. The van der Waals surface area contributed by atoms with Crippen molar-refractivity contribution in [1.82, 2.24) is 4.98 Å². The van der Waals surface area contributed by atoms with E-state index in [1.807, 2.05) is 23.6 Å². The van der Waals surface area contributed by atoms with E-state index >= 15 is 0 Å². The molecule has 1 unspecified atom stereocenters. The Bertz CT molecular complexity index is 687. The molecule has 0 bridgehead atoms. The molecule has 112 valence electrons. The van der Waals surface area contributed by atoms with Gasteiger partial charge in [-0.1, -0.05) is 34.1 Å². The number of ether oxygens (including phenoxy) is 1. The van der Waals surface area contributed by atoms with E-state index < -0.39 is 10.8 Å². The van der Waals surface area contributed by atoms with Crippen molar-refractivity contribution in [3.63, 3.8) is 0 Å². The average Bonchev–Trinajstić information content (AvgIpc) is 2.85. The zero-order valence-electron chi connectivity index (χ0n) is 11.3. The minimum atomic E-state index is -1.08. The molecule has 7 heteroatoms. The van der Waals surface area contributed by atoms with Gasteiger partial charge in [0.2, 0.25) is 0 Å². The van der Waals surface area contributed by atoms with E-state index in [4.69, 9.17) is 16.3 Å². The van der Waals surface area contributed by atoms with Crippen LogP contribution in [-0.4, -0.2) is 22.1 Å². The Labute approximate surface area is 143 Å². The van der Waals surface area contributed by atoms with Crippen molar-refractivity contribution in [2.24, 2.45) is 0 Å². The molecule has 2 aromatic rings. The van der Waals surface area contributed by atoms with Crippen molar-refractivity contribution in [2.75, 3.05) is 12.9 Å². The molecule has 1 heterocycles. The first kappa shape index (κ1) is 16.7. The van der Waals surface area contributed by atoms with Crippen LogP contribution in [0.3, 0.4) is 0 Å². The molecule has 0 aliphatic heterocycles. The highest BCUT2D eigenvalue weighted by atomic mass is 79.9. The molecular weight excluding hydrogens is 394 g/mol. The Morgan fingerprint density at radius 3 is 3.00 bits per heavy atom. The molecule has 0 aliphatic rings. The highest BCUT2D eigenvalue weighted by molar-refractivity contribution is 9.10. The summed E-state index contributed by atoms with van der Waals surface area (Å²) >= 11 is 10.6. The topological polar surface area (TPSA) is 39.2 Å². The largest absolute Gasteiger partial charge is 0.496 e. The first-order valence-electron chi connectivity index (χ1n) is 5.96. The second-order valence-corrected chi connectivity index (χ2v) is 8.00. The van der Waals surface area contributed by atoms with Gasteiger partial charge in [-0.3, -0.25) is 4.21 Å². The zero-order valence-corrected chi connectivity index (χ0v) is 15.2. The van der Waals surface area contributed by atoms with Crippen molar-refractivity contribution in [1.29, 1.82) is 0 Å². The van der Waals surface area contributed by atoms with Crippen molar-refractivity contribution in [3.05, 3.63) is 45.4 Å². The molecule has 0 saturated heterocycles. The van der Waals surface area contributed by atoms with E-state index in [0.29, 0.717) is 10.8 Å². The van der Waals surface area contributed by atoms with Gasteiger partial charge in [-0.2, -0.15) is 0 Å². The number of aromatic nitrogens is 1. The summed E-state index contributed by atoms with van der Waals surface area (Å²) in [5.41, 5.74) is 1.70. The SMILES string of the molecule is C=C(Cl)CS(=O)Cc1csc(-c2cc(Br)ccc2OC)n1. The lowest BCUT2D eigenvalue weighted by Gasteiger charge is -2.06. The van der Waals surface area contributed by atoms with Crippen LogP contribution in [0.15, 0.2) is 39.7 Å². The van der Waals surface area contributed by atoms with Crippen LogP contribution in [0.4, 0.5) is 0 Å². The molecule has 0 radical (unpaired) electrons. The Hall–Kier alpha value is -0.690. The lowest BCUT2D eigenvalue weighted by molar-refractivity contribution is 0.416. The van der Waals surface area contributed by atoms with Gasteiger partial charge < -0.3 is 4.74 Å². The normalized spacial score (nSPS) is 12.1. The number of nitrogens with zero attached hydrogens (tertiary/aromatic N) is 1. The maximum Gasteiger partial charge on any atom is 0.129 e. The Balaban J connectivity index is 2.22. The standard InChI is InChI=1S/C14H13BrClNO2S2/c1-9(16)7-21(18)8-11-6-20-14(17-11)12-5-10(15)3-4-13(12)19-2/h3-6H,1,7-8H2,2H3. The number of thiazole rings is 1. The fourth-order valence-electron chi connectivity index (χ4n) is 1.73. The Kier molecular flexibility index (Phi) is 5.98. The lowest BCUT2D eigenvalue weighted by atomic mass is 10.2. The van der Waals surface area contributed by atoms with Crippen molar-refractivity contribution in [2.45, 2.75) is 5.75 Å². The molecular formula is C14H13BrClNO2S2. The van der Waals surface area contributed by atoms with Gasteiger partial charge in [0, 0.05) is 25.7 Å². The smallest absolute Gasteiger partial charge is 0.129 e. The van der Waals surface area contributed by atoms with E-state index in [1.165, 1.54) is 11.3 Å². The molecule has 21 heavy (non-hydrogen) atoms. The van der Waals surface area contributed by atoms with E-state index in [2.05, 4.69) is 27.5 Å². The third kappa shape index (κ3) is 4.64. The minimum Gasteiger partial charge on any atom is -0.496 e. The van der Waals surface area contributed by atoms with E-state index in [9.17, 15) is 4.21 Å².